The van der Waals surface area contributed by atoms with Crippen molar-refractivity contribution in [1.82, 2.24) is 5.32 Å². The van der Waals surface area contributed by atoms with Crippen molar-refractivity contribution in [2.24, 2.45) is 0 Å². The molecule has 1 rings (SSSR count). The molecule has 1 aliphatic rings. The average Bonchev–Trinajstić information content (AvgIpc) is 1.99. The average molecular weight is 185 g/mol. The van der Waals surface area contributed by atoms with E-state index < -0.39 is 0 Å². The minimum absolute atomic E-state index is 0.389. The number of hydrogen-bond donors (Lipinski definition) is 1. The summed E-state index contributed by atoms with van der Waals surface area (Å²) in [7, 11) is 0. The first kappa shape index (κ1) is 11.0. The standard InChI is InChI=1S/C11H23NO/c1-10(2)13-9-4-3-8-12-11-6-5-7-11/h10-12H,3-9H2,1-2H3. The molecule has 0 aromatic rings. The fourth-order valence-electron chi connectivity index (χ4n) is 1.46. The van der Waals surface area contributed by atoms with Crippen molar-refractivity contribution >= 4 is 0 Å². The van der Waals surface area contributed by atoms with E-state index in [0.29, 0.717) is 6.10 Å². The second-order valence-corrected chi connectivity index (χ2v) is 4.21. The minimum Gasteiger partial charge on any atom is -0.379 e. The summed E-state index contributed by atoms with van der Waals surface area (Å²) < 4.78 is 5.46. The maximum atomic E-state index is 5.46. The van der Waals surface area contributed by atoms with Gasteiger partial charge >= 0.3 is 0 Å². The lowest BCUT2D eigenvalue weighted by atomic mass is 9.93. The molecule has 0 radical (unpaired) electrons. The van der Waals surface area contributed by atoms with Gasteiger partial charge in [-0.15, -0.1) is 0 Å². The third-order valence-corrected chi connectivity index (χ3v) is 2.56. The molecule has 0 atom stereocenters. The molecular formula is C11H23NO. The molecule has 0 unspecified atom stereocenters. The molecule has 2 heteroatoms. The Morgan fingerprint density at radius 1 is 1.31 bits per heavy atom. The zero-order valence-corrected chi connectivity index (χ0v) is 9.01. The van der Waals surface area contributed by atoms with Crippen LogP contribution in [0.5, 0.6) is 0 Å². The molecule has 0 bridgehead atoms. The molecule has 0 aromatic carbocycles. The Morgan fingerprint density at radius 3 is 2.62 bits per heavy atom. The number of nitrogens with one attached hydrogen (secondary N) is 1. The third kappa shape index (κ3) is 5.27. The highest BCUT2D eigenvalue weighted by Crippen LogP contribution is 2.17. The van der Waals surface area contributed by atoms with E-state index in [9.17, 15) is 0 Å². The van der Waals surface area contributed by atoms with Gasteiger partial charge in [0.1, 0.15) is 0 Å². The van der Waals surface area contributed by atoms with Gasteiger partial charge in [-0.3, -0.25) is 0 Å². The van der Waals surface area contributed by atoms with Crippen LogP contribution in [0.2, 0.25) is 0 Å². The molecule has 0 heterocycles. The summed E-state index contributed by atoms with van der Waals surface area (Å²) >= 11 is 0. The summed E-state index contributed by atoms with van der Waals surface area (Å²) in [6.45, 7) is 6.27. The molecule has 0 amide bonds. The first-order valence-electron chi connectivity index (χ1n) is 5.64. The van der Waals surface area contributed by atoms with Crippen LogP contribution in [0, 0.1) is 0 Å². The second kappa shape index (κ2) is 6.39. The fraction of sp³-hybridized carbons (Fsp3) is 1.00. The van der Waals surface area contributed by atoms with Gasteiger partial charge in [-0.2, -0.15) is 0 Å². The molecule has 13 heavy (non-hydrogen) atoms. The van der Waals surface area contributed by atoms with Gasteiger partial charge in [-0.1, -0.05) is 6.42 Å². The third-order valence-electron chi connectivity index (χ3n) is 2.56. The maximum absolute atomic E-state index is 5.46. The monoisotopic (exact) mass is 185 g/mol. The second-order valence-electron chi connectivity index (χ2n) is 4.21. The highest BCUT2D eigenvalue weighted by Gasteiger charge is 2.15. The van der Waals surface area contributed by atoms with Crippen molar-refractivity contribution in [3.8, 4) is 0 Å². The van der Waals surface area contributed by atoms with Crippen LogP contribution >= 0.6 is 0 Å². The van der Waals surface area contributed by atoms with E-state index in [0.717, 1.165) is 12.6 Å². The number of rotatable bonds is 7. The van der Waals surface area contributed by atoms with Gasteiger partial charge in [-0.25, -0.2) is 0 Å². The van der Waals surface area contributed by atoms with Crippen LogP contribution in [-0.4, -0.2) is 25.3 Å². The van der Waals surface area contributed by atoms with E-state index in [4.69, 9.17) is 4.74 Å². The first-order chi connectivity index (χ1) is 6.29. The van der Waals surface area contributed by atoms with Crippen LogP contribution in [0.25, 0.3) is 0 Å². The minimum atomic E-state index is 0.389. The Kier molecular flexibility index (Phi) is 5.40. The molecular weight excluding hydrogens is 162 g/mol. The van der Waals surface area contributed by atoms with Gasteiger partial charge < -0.3 is 10.1 Å². The molecule has 1 aliphatic carbocycles. The lowest BCUT2D eigenvalue weighted by Gasteiger charge is -2.26. The quantitative estimate of drug-likeness (QED) is 0.615. The van der Waals surface area contributed by atoms with E-state index in [1.54, 1.807) is 0 Å². The molecule has 2 nitrogen and oxygen atoms in total. The van der Waals surface area contributed by atoms with E-state index in [1.807, 2.05) is 0 Å². The van der Waals surface area contributed by atoms with E-state index in [2.05, 4.69) is 19.2 Å². The molecule has 0 aliphatic heterocycles. The highest BCUT2D eigenvalue weighted by atomic mass is 16.5. The number of hydrogen-bond acceptors (Lipinski definition) is 2. The smallest absolute Gasteiger partial charge is 0.0518 e. The summed E-state index contributed by atoms with van der Waals surface area (Å²) in [5, 5.41) is 3.55. The van der Waals surface area contributed by atoms with Gasteiger partial charge in [0.2, 0.25) is 0 Å². The van der Waals surface area contributed by atoms with Gasteiger partial charge in [0.05, 0.1) is 6.10 Å². The van der Waals surface area contributed by atoms with Gasteiger partial charge in [0.15, 0.2) is 0 Å². The molecule has 1 saturated carbocycles. The van der Waals surface area contributed by atoms with Crippen molar-refractivity contribution in [2.75, 3.05) is 13.2 Å². The van der Waals surface area contributed by atoms with E-state index in [-0.39, 0.29) is 0 Å². The van der Waals surface area contributed by atoms with Crippen LogP contribution in [0.4, 0.5) is 0 Å². The first-order valence-corrected chi connectivity index (χ1v) is 5.64. The largest absolute Gasteiger partial charge is 0.379 e. The lowest BCUT2D eigenvalue weighted by Crippen LogP contribution is -2.35. The maximum Gasteiger partial charge on any atom is 0.0518 e. The van der Waals surface area contributed by atoms with Gasteiger partial charge in [0, 0.05) is 12.6 Å². The Morgan fingerprint density at radius 2 is 2.08 bits per heavy atom. The van der Waals surface area contributed by atoms with Crippen LogP contribution in [-0.2, 0) is 4.74 Å². The zero-order chi connectivity index (χ0) is 9.52. The predicted octanol–water partition coefficient (Wildman–Crippen LogP) is 2.33. The van der Waals surface area contributed by atoms with E-state index >= 15 is 0 Å². The summed E-state index contributed by atoms with van der Waals surface area (Å²) in [6, 6.07) is 0.839. The van der Waals surface area contributed by atoms with E-state index in [1.165, 1.54) is 38.6 Å². The Labute approximate surface area is 82.0 Å². The van der Waals surface area contributed by atoms with Crippen LogP contribution in [0.1, 0.15) is 46.0 Å². The number of unbranched alkanes of at least 4 members (excludes halogenated alkanes) is 1. The summed E-state index contributed by atoms with van der Waals surface area (Å²) in [4.78, 5) is 0. The van der Waals surface area contributed by atoms with Crippen LogP contribution in [0.3, 0.4) is 0 Å². The summed E-state index contributed by atoms with van der Waals surface area (Å²) in [6.07, 6.45) is 7.04. The molecule has 0 spiro atoms. The molecule has 0 aromatic heterocycles. The lowest BCUT2D eigenvalue weighted by molar-refractivity contribution is 0.0758. The predicted molar refractivity (Wildman–Crippen MR) is 56.0 cm³/mol. The van der Waals surface area contributed by atoms with Crippen molar-refractivity contribution in [1.29, 1.82) is 0 Å². The SMILES string of the molecule is CC(C)OCCCCNC1CCC1. The molecule has 78 valence electrons. The molecule has 1 fully saturated rings. The fourth-order valence-corrected chi connectivity index (χ4v) is 1.46. The highest BCUT2D eigenvalue weighted by molar-refractivity contribution is 4.75. The van der Waals surface area contributed by atoms with Crippen molar-refractivity contribution in [3.05, 3.63) is 0 Å². The molecule has 0 saturated heterocycles. The summed E-state index contributed by atoms with van der Waals surface area (Å²) in [5.74, 6) is 0. The normalized spacial score (nSPS) is 17.8. The Hall–Kier alpha value is -0.0800. The topological polar surface area (TPSA) is 21.3 Å². The number of ether oxygens (including phenoxy) is 1. The summed E-state index contributed by atoms with van der Waals surface area (Å²) in [5.41, 5.74) is 0. The molecule has 1 N–H and O–H groups in total. The van der Waals surface area contributed by atoms with Crippen molar-refractivity contribution < 1.29 is 4.74 Å². The van der Waals surface area contributed by atoms with Crippen LogP contribution < -0.4 is 5.32 Å². The van der Waals surface area contributed by atoms with Gasteiger partial charge in [0.25, 0.3) is 0 Å². The Balaban J connectivity index is 1.73. The van der Waals surface area contributed by atoms with Gasteiger partial charge in [-0.05, 0) is 46.1 Å². The Bertz CT molecular complexity index is 121. The van der Waals surface area contributed by atoms with Crippen LogP contribution in [0.15, 0.2) is 0 Å². The zero-order valence-electron chi connectivity index (χ0n) is 9.01. The van der Waals surface area contributed by atoms with Crippen molar-refractivity contribution in [3.63, 3.8) is 0 Å². The van der Waals surface area contributed by atoms with Crippen molar-refractivity contribution in [2.45, 2.75) is 58.1 Å².